The summed E-state index contributed by atoms with van der Waals surface area (Å²) >= 11 is 12.0. The molecule has 0 saturated carbocycles. The number of phenolic OH excluding ortho intramolecular Hbond substituents is 1. The summed E-state index contributed by atoms with van der Waals surface area (Å²) in [7, 11) is 0. The lowest BCUT2D eigenvalue weighted by Crippen LogP contribution is -2.14. The molecule has 2 rings (SSSR count). The van der Waals surface area contributed by atoms with Gasteiger partial charge in [-0.25, -0.2) is 0 Å². The molecule has 3 nitrogen and oxygen atoms in total. The van der Waals surface area contributed by atoms with E-state index in [-0.39, 0.29) is 5.75 Å². The Labute approximate surface area is 115 Å². The molecule has 1 aromatic carbocycles. The third-order valence-electron chi connectivity index (χ3n) is 2.46. The molecule has 0 aliphatic carbocycles. The van der Waals surface area contributed by atoms with Gasteiger partial charge < -0.3 is 10.4 Å². The van der Waals surface area contributed by atoms with Crippen molar-refractivity contribution in [1.29, 1.82) is 0 Å². The van der Waals surface area contributed by atoms with E-state index in [1.165, 1.54) is 12.1 Å². The Morgan fingerprint density at radius 3 is 2.44 bits per heavy atom. The molecular weight excluding hydrogens is 271 g/mol. The van der Waals surface area contributed by atoms with E-state index in [1.807, 2.05) is 18.2 Å². The first kappa shape index (κ1) is 13.1. The quantitative estimate of drug-likeness (QED) is 0.904. The molecule has 2 aromatic rings. The van der Waals surface area contributed by atoms with Crippen LogP contribution < -0.4 is 5.32 Å². The maximum atomic E-state index is 9.32. The second kappa shape index (κ2) is 6.05. The number of hydrogen-bond donors (Lipinski definition) is 2. The molecule has 0 unspecified atom stereocenters. The van der Waals surface area contributed by atoms with Crippen LogP contribution in [0.4, 0.5) is 0 Å². The zero-order chi connectivity index (χ0) is 13.0. The van der Waals surface area contributed by atoms with Crippen molar-refractivity contribution in [1.82, 2.24) is 10.3 Å². The molecule has 0 bridgehead atoms. The Morgan fingerprint density at radius 2 is 1.83 bits per heavy atom. The molecule has 0 aliphatic heterocycles. The summed E-state index contributed by atoms with van der Waals surface area (Å²) in [4.78, 5) is 4.20. The Hall–Kier alpha value is -1.29. The van der Waals surface area contributed by atoms with Crippen molar-refractivity contribution in [3.8, 4) is 5.75 Å². The van der Waals surface area contributed by atoms with E-state index in [0.717, 1.165) is 11.3 Å². The number of benzene rings is 1. The number of phenols is 1. The number of aromatic nitrogens is 1. The van der Waals surface area contributed by atoms with Crippen LogP contribution in [0.25, 0.3) is 0 Å². The van der Waals surface area contributed by atoms with Gasteiger partial charge in [-0.05, 0) is 24.3 Å². The fraction of sp³-hybridized carbons (Fsp3) is 0.154. The van der Waals surface area contributed by atoms with Crippen LogP contribution in [0.15, 0.2) is 36.5 Å². The first-order valence-corrected chi connectivity index (χ1v) is 6.20. The fourth-order valence-corrected chi connectivity index (χ4v) is 2.19. The molecule has 1 heterocycles. The van der Waals surface area contributed by atoms with Crippen LogP contribution in [0.2, 0.25) is 10.0 Å². The van der Waals surface area contributed by atoms with Crippen molar-refractivity contribution in [3.63, 3.8) is 0 Å². The predicted molar refractivity (Wildman–Crippen MR) is 72.9 cm³/mol. The molecule has 0 saturated heterocycles. The summed E-state index contributed by atoms with van der Waals surface area (Å²) in [5.74, 6) is 0.0680. The maximum absolute atomic E-state index is 9.32. The topological polar surface area (TPSA) is 45.1 Å². The number of nitrogens with one attached hydrogen (secondary N) is 1. The largest absolute Gasteiger partial charge is 0.508 e. The van der Waals surface area contributed by atoms with Gasteiger partial charge in [0.2, 0.25) is 0 Å². The van der Waals surface area contributed by atoms with Gasteiger partial charge in [0.05, 0.1) is 15.7 Å². The Bertz CT molecular complexity index is 509. The molecular formula is C13H12Cl2N2O. The fourth-order valence-electron chi connectivity index (χ4n) is 1.58. The minimum absolute atomic E-state index is 0.0680. The summed E-state index contributed by atoms with van der Waals surface area (Å²) in [6.07, 6.45) is 1.75. The number of halogens is 2. The van der Waals surface area contributed by atoms with E-state index in [0.29, 0.717) is 23.1 Å². The zero-order valence-corrected chi connectivity index (χ0v) is 11.0. The molecule has 0 amide bonds. The van der Waals surface area contributed by atoms with Crippen LogP contribution in [-0.2, 0) is 13.1 Å². The molecule has 94 valence electrons. The molecule has 0 spiro atoms. The van der Waals surface area contributed by atoms with Crippen molar-refractivity contribution in [2.75, 3.05) is 0 Å². The van der Waals surface area contributed by atoms with Gasteiger partial charge in [-0.3, -0.25) is 4.98 Å². The molecule has 0 radical (unpaired) electrons. The van der Waals surface area contributed by atoms with Gasteiger partial charge in [0.1, 0.15) is 5.75 Å². The number of pyridine rings is 1. The molecule has 2 N–H and O–H groups in total. The van der Waals surface area contributed by atoms with Crippen LogP contribution in [0.5, 0.6) is 5.75 Å². The van der Waals surface area contributed by atoms with Gasteiger partial charge in [-0.1, -0.05) is 29.3 Å². The number of nitrogens with zero attached hydrogens (tertiary/aromatic N) is 1. The van der Waals surface area contributed by atoms with Crippen molar-refractivity contribution in [2.45, 2.75) is 13.1 Å². The van der Waals surface area contributed by atoms with E-state index >= 15 is 0 Å². The molecule has 0 atom stereocenters. The minimum Gasteiger partial charge on any atom is -0.508 e. The van der Waals surface area contributed by atoms with Gasteiger partial charge >= 0.3 is 0 Å². The molecule has 1 aromatic heterocycles. The van der Waals surface area contributed by atoms with Crippen molar-refractivity contribution < 1.29 is 5.11 Å². The summed E-state index contributed by atoms with van der Waals surface area (Å²) in [6, 6.07) is 8.70. The highest BCUT2D eigenvalue weighted by Gasteiger charge is 2.07. The number of aromatic hydroxyl groups is 1. The second-order valence-corrected chi connectivity index (χ2v) is 4.63. The highest BCUT2D eigenvalue weighted by molar-refractivity contribution is 6.36. The van der Waals surface area contributed by atoms with E-state index in [1.54, 1.807) is 6.20 Å². The highest BCUT2D eigenvalue weighted by Crippen LogP contribution is 2.29. The Balaban J connectivity index is 1.99. The van der Waals surface area contributed by atoms with Crippen molar-refractivity contribution >= 4 is 23.2 Å². The van der Waals surface area contributed by atoms with Gasteiger partial charge in [-0.15, -0.1) is 0 Å². The van der Waals surface area contributed by atoms with E-state index < -0.39 is 0 Å². The first-order chi connectivity index (χ1) is 8.66. The van der Waals surface area contributed by atoms with Crippen molar-refractivity contribution in [2.24, 2.45) is 0 Å². The third kappa shape index (κ3) is 3.35. The lowest BCUT2D eigenvalue weighted by atomic mass is 10.2. The lowest BCUT2D eigenvalue weighted by Gasteiger charge is -2.09. The monoisotopic (exact) mass is 282 g/mol. The Kier molecular flexibility index (Phi) is 4.42. The second-order valence-electron chi connectivity index (χ2n) is 3.81. The zero-order valence-electron chi connectivity index (χ0n) is 9.53. The smallest absolute Gasteiger partial charge is 0.118 e. The SMILES string of the molecule is Oc1cc(Cl)c(CNCc2ccccn2)c(Cl)c1. The van der Waals surface area contributed by atoms with Gasteiger partial charge in [0, 0.05) is 24.8 Å². The standard InChI is InChI=1S/C13H12Cl2N2O/c14-12-5-10(18)6-13(15)11(12)8-16-7-9-3-1-2-4-17-9/h1-6,16,18H,7-8H2. The average Bonchev–Trinajstić information content (AvgIpc) is 2.34. The van der Waals surface area contributed by atoms with Crippen LogP contribution in [0.1, 0.15) is 11.3 Å². The average molecular weight is 283 g/mol. The van der Waals surface area contributed by atoms with Crippen LogP contribution in [-0.4, -0.2) is 10.1 Å². The van der Waals surface area contributed by atoms with E-state index in [2.05, 4.69) is 10.3 Å². The van der Waals surface area contributed by atoms with Gasteiger partial charge in [0.15, 0.2) is 0 Å². The van der Waals surface area contributed by atoms with Crippen LogP contribution >= 0.6 is 23.2 Å². The summed E-state index contributed by atoms with van der Waals surface area (Å²) in [5.41, 5.74) is 1.72. The van der Waals surface area contributed by atoms with Gasteiger partial charge in [-0.2, -0.15) is 0 Å². The van der Waals surface area contributed by atoms with E-state index in [9.17, 15) is 5.11 Å². The number of rotatable bonds is 4. The third-order valence-corrected chi connectivity index (χ3v) is 3.13. The van der Waals surface area contributed by atoms with Crippen molar-refractivity contribution in [3.05, 3.63) is 57.8 Å². The molecule has 18 heavy (non-hydrogen) atoms. The summed E-state index contributed by atoms with van der Waals surface area (Å²) in [5, 5.41) is 13.4. The molecule has 0 fully saturated rings. The molecule has 0 aliphatic rings. The van der Waals surface area contributed by atoms with Crippen LogP contribution in [0, 0.1) is 0 Å². The molecule has 5 heteroatoms. The number of hydrogen-bond acceptors (Lipinski definition) is 3. The van der Waals surface area contributed by atoms with Crippen LogP contribution in [0.3, 0.4) is 0 Å². The minimum atomic E-state index is 0.0680. The first-order valence-electron chi connectivity index (χ1n) is 5.44. The van der Waals surface area contributed by atoms with Gasteiger partial charge in [0.25, 0.3) is 0 Å². The normalized spacial score (nSPS) is 10.6. The Morgan fingerprint density at radius 1 is 1.11 bits per heavy atom. The highest BCUT2D eigenvalue weighted by atomic mass is 35.5. The van der Waals surface area contributed by atoms with E-state index in [4.69, 9.17) is 23.2 Å². The predicted octanol–water partition coefficient (Wildman–Crippen LogP) is 3.38. The summed E-state index contributed by atoms with van der Waals surface area (Å²) < 4.78 is 0. The lowest BCUT2D eigenvalue weighted by molar-refractivity contribution is 0.475. The summed E-state index contributed by atoms with van der Waals surface area (Å²) in [6.45, 7) is 1.16. The maximum Gasteiger partial charge on any atom is 0.118 e.